The van der Waals surface area contributed by atoms with Crippen molar-refractivity contribution in [1.82, 2.24) is 13.7 Å². The van der Waals surface area contributed by atoms with E-state index in [2.05, 4.69) is 17.2 Å². The minimum atomic E-state index is -0.689. The topological polar surface area (TPSA) is 95.1 Å². The van der Waals surface area contributed by atoms with Gasteiger partial charge in [-0.1, -0.05) is 71.5 Å². The lowest BCUT2D eigenvalue weighted by Gasteiger charge is -2.13. The van der Waals surface area contributed by atoms with Crippen LogP contribution in [0.3, 0.4) is 0 Å². The Morgan fingerprint density at radius 2 is 1.64 bits per heavy atom. The van der Waals surface area contributed by atoms with Gasteiger partial charge in [0.1, 0.15) is 10.8 Å². The van der Waals surface area contributed by atoms with E-state index in [4.69, 9.17) is 11.6 Å². The Morgan fingerprint density at radius 3 is 2.33 bits per heavy atom. The van der Waals surface area contributed by atoms with Crippen LogP contribution in [0.15, 0.2) is 87.3 Å². The highest BCUT2D eigenvalue weighted by atomic mass is 35.5. The number of carbonyl (C=O) groups is 1. The number of halogens is 1. The number of hydrogen-bond acceptors (Lipinski definition) is 4. The van der Waals surface area contributed by atoms with E-state index in [1.807, 2.05) is 55.5 Å². The molecule has 198 valence electrons. The van der Waals surface area contributed by atoms with E-state index in [1.54, 1.807) is 22.9 Å². The van der Waals surface area contributed by atoms with E-state index >= 15 is 0 Å². The van der Waals surface area contributed by atoms with E-state index < -0.39 is 11.2 Å². The molecular weight excluding hydrogens is 516 g/mol. The molecule has 9 heteroatoms. The number of amides is 1. The van der Waals surface area contributed by atoms with Gasteiger partial charge in [0, 0.05) is 31.3 Å². The zero-order valence-electron chi connectivity index (χ0n) is 21.6. The molecule has 39 heavy (non-hydrogen) atoms. The van der Waals surface area contributed by atoms with Crippen molar-refractivity contribution in [3.63, 3.8) is 0 Å². The molecule has 0 atom stereocenters. The van der Waals surface area contributed by atoms with Crippen molar-refractivity contribution in [2.75, 3.05) is 5.32 Å². The molecule has 4 rings (SSSR count). The minimum absolute atomic E-state index is 0.0808. The summed E-state index contributed by atoms with van der Waals surface area (Å²) in [5.41, 5.74) is 2.20. The summed E-state index contributed by atoms with van der Waals surface area (Å²) < 4.78 is 3.64. The summed E-state index contributed by atoms with van der Waals surface area (Å²) in [6, 6.07) is 20.2. The fraction of sp³-hybridized carbons (Fsp3) is 0.200. The lowest BCUT2D eigenvalue weighted by Crippen LogP contribution is -2.40. The summed E-state index contributed by atoms with van der Waals surface area (Å²) in [4.78, 5) is 49.9. The van der Waals surface area contributed by atoms with Crippen LogP contribution >= 0.6 is 11.6 Å². The van der Waals surface area contributed by atoms with E-state index in [0.29, 0.717) is 18.5 Å². The molecule has 0 saturated heterocycles. The van der Waals surface area contributed by atoms with E-state index in [-0.39, 0.29) is 35.3 Å². The summed E-state index contributed by atoms with van der Waals surface area (Å²) in [5.74, 6) is 5.49. The van der Waals surface area contributed by atoms with Gasteiger partial charge in [-0.25, -0.2) is 4.79 Å². The van der Waals surface area contributed by atoms with Gasteiger partial charge in [-0.2, -0.15) is 0 Å². The summed E-state index contributed by atoms with van der Waals surface area (Å²) >= 11 is 6.40. The van der Waals surface area contributed by atoms with Gasteiger partial charge in [-0.05, 0) is 42.7 Å². The first-order valence-electron chi connectivity index (χ1n) is 12.3. The number of aryl methyl sites for hydroxylation is 2. The quantitative estimate of drug-likeness (QED) is 0.286. The molecular formula is C30H27ClN4O4. The molecule has 0 radical (unpaired) electrons. The molecule has 2 aromatic carbocycles. The number of benzene rings is 2. The monoisotopic (exact) mass is 542 g/mol. The number of hydrogen-bond donors (Lipinski definition) is 1. The van der Waals surface area contributed by atoms with Crippen molar-refractivity contribution in [2.45, 2.75) is 32.9 Å². The number of carbonyl (C=O) groups excluding carboxylic acids is 1. The third-order valence-electron chi connectivity index (χ3n) is 6.18. The number of nitrogens with one attached hydrogen (secondary N) is 1. The normalized spacial score (nSPS) is 10.5. The molecule has 1 N–H and O–H groups in total. The van der Waals surface area contributed by atoms with Crippen molar-refractivity contribution < 1.29 is 4.79 Å². The summed E-state index contributed by atoms with van der Waals surface area (Å²) in [7, 11) is 1.32. The molecule has 0 aliphatic heterocycles. The maximum Gasteiger partial charge on any atom is 0.332 e. The molecule has 0 unspecified atom stereocenters. The molecule has 0 fully saturated rings. The van der Waals surface area contributed by atoms with Crippen LogP contribution < -0.4 is 22.1 Å². The lowest BCUT2D eigenvalue weighted by molar-refractivity contribution is -0.116. The third-order valence-corrected chi connectivity index (χ3v) is 6.57. The van der Waals surface area contributed by atoms with Crippen molar-refractivity contribution in [1.29, 1.82) is 0 Å². The highest BCUT2D eigenvalue weighted by molar-refractivity contribution is 6.32. The van der Waals surface area contributed by atoms with Crippen LogP contribution in [0.2, 0.25) is 5.15 Å². The predicted octanol–water partition coefficient (Wildman–Crippen LogP) is 3.34. The zero-order chi connectivity index (χ0) is 27.9. The SMILES string of the molecule is Cc1ccc(CCC(=O)Nc2c(Cl)n(CC#Cc3ccc(Cn4ccccc4=O)cc3)c(=O)n(C)c2=O)cc1. The van der Waals surface area contributed by atoms with Gasteiger partial charge in [-0.15, -0.1) is 0 Å². The van der Waals surface area contributed by atoms with Gasteiger partial charge in [0.2, 0.25) is 5.91 Å². The van der Waals surface area contributed by atoms with Gasteiger partial charge < -0.3 is 9.88 Å². The van der Waals surface area contributed by atoms with Crippen LogP contribution in [-0.4, -0.2) is 19.6 Å². The van der Waals surface area contributed by atoms with Crippen LogP contribution in [0.4, 0.5) is 5.69 Å². The Kier molecular flexibility index (Phi) is 8.64. The minimum Gasteiger partial charge on any atom is -0.319 e. The lowest BCUT2D eigenvalue weighted by atomic mass is 10.1. The van der Waals surface area contributed by atoms with Crippen molar-refractivity contribution in [3.8, 4) is 11.8 Å². The fourth-order valence-electron chi connectivity index (χ4n) is 3.90. The second-order valence-electron chi connectivity index (χ2n) is 9.10. The van der Waals surface area contributed by atoms with Gasteiger partial charge in [0.05, 0.1) is 13.1 Å². The summed E-state index contributed by atoms with van der Waals surface area (Å²) in [6.07, 6.45) is 2.37. The maximum atomic E-state index is 12.7. The predicted molar refractivity (Wildman–Crippen MR) is 152 cm³/mol. The standard InChI is InChI=1S/C30H27ClN4O4/c1-21-8-10-23(11-9-21)16-17-25(36)32-27-28(31)35(30(39)33(2)29(27)38)19-5-6-22-12-14-24(15-13-22)20-34-18-4-3-7-26(34)37/h3-4,7-15,18H,16-17,19-20H2,1-2H3,(H,32,36). The Balaban J connectivity index is 1.46. The molecule has 4 aromatic rings. The van der Waals surface area contributed by atoms with Gasteiger partial charge in [0.25, 0.3) is 11.1 Å². The first kappa shape index (κ1) is 27.4. The molecule has 0 bridgehead atoms. The molecule has 0 aliphatic rings. The average molecular weight is 543 g/mol. The van der Waals surface area contributed by atoms with Crippen LogP contribution in [0.1, 0.15) is 28.7 Å². The van der Waals surface area contributed by atoms with Gasteiger partial charge in [-0.3, -0.25) is 23.5 Å². The van der Waals surface area contributed by atoms with E-state index in [1.165, 1.54) is 13.1 Å². The van der Waals surface area contributed by atoms with Crippen LogP contribution in [-0.2, 0) is 31.4 Å². The second kappa shape index (κ2) is 12.3. The highest BCUT2D eigenvalue weighted by Crippen LogP contribution is 2.16. The number of anilines is 1. The molecule has 2 aromatic heterocycles. The number of aromatic nitrogens is 3. The smallest absolute Gasteiger partial charge is 0.319 e. The van der Waals surface area contributed by atoms with Gasteiger partial charge in [0.15, 0.2) is 0 Å². The molecule has 1 amide bonds. The number of nitrogens with zero attached hydrogens (tertiary/aromatic N) is 3. The van der Waals surface area contributed by atoms with E-state index in [0.717, 1.165) is 25.8 Å². The van der Waals surface area contributed by atoms with Crippen LogP contribution in [0.25, 0.3) is 0 Å². The first-order chi connectivity index (χ1) is 18.7. The zero-order valence-corrected chi connectivity index (χ0v) is 22.4. The molecule has 8 nitrogen and oxygen atoms in total. The van der Waals surface area contributed by atoms with E-state index in [9.17, 15) is 19.2 Å². The van der Waals surface area contributed by atoms with Crippen molar-refractivity contribution >= 4 is 23.2 Å². The Bertz CT molecular complexity index is 1740. The van der Waals surface area contributed by atoms with Crippen LogP contribution in [0, 0.1) is 18.8 Å². The number of rotatable bonds is 7. The van der Waals surface area contributed by atoms with Crippen LogP contribution in [0.5, 0.6) is 0 Å². The highest BCUT2D eigenvalue weighted by Gasteiger charge is 2.17. The summed E-state index contributed by atoms with van der Waals surface area (Å²) in [6.45, 7) is 2.34. The molecule has 0 aliphatic carbocycles. The maximum absolute atomic E-state index is 12.7. The third kappa shape index (κ3) is 6.83. The first-order valence-corrected chi connectivity index (χ1v) is 12.7. The molecule has 2 heterocycles. The average Bonchev–Trinajstić information content (AvgIpc) is 2.93. The Morgan fingerprint density at radius 1 is 0.949 bits per heavy atom. The van der Waals surface area contributed by atoms with Crippen molar-refractivity contribution in [2.24, 2.45) is 7.05 Å². The Labute approximate surface area is 230 Å². The fourth-order valence-corrected chi connectivity index (χ4v) is 4.16. The summed E-state index contributed by atoms with van der Waals surface area (Å²) in [5, 5.41) is 2.39. The molecule has 0 spiro atoms. The number of pyridine rings is 1. The molecule has 0 saturated carbocycles. The largest absolute Gasteiger partial charge is 0.332 e. The Hall–Kier alpha value is -4.61. The van der Waals surface area contributed by atoms with Gasteiger partial charge >= 0.3 is 5.69 Å². The van der Waals surface area contributed by atoms with Crippen molar-refractivity contribution in [3.05, 3.63) is 132 Å². The second-order valence-corrected chi connectivity index (χ2v) is 9.46.